The van der Waals surface area contributed by atoms with Gasteiger partial charge < -0.3 is 15.2 Å². The van der Waals surface area contributed by atoms with Crippen LogP contribution in [-0.4, -0.2) is 24.1 Å². The molecule has 1 unspecified atom stereocenters. The Morgan fingerprint density at radius 3 is 2.65 bits per heavy atom. The Morgan fingerprint density at radius 1 is 1.47 bits per heavy atom. The van der Waals surface area contributed by atoms with Crippen LogP contribution in [0.4, 0.5) is 5.69 Å². The van der Waals surface area contributed by atoms with Crippen LogP contribution in [0.15, 0.2) is 18.2 Å². The van der Waals surface area contributed by atoms with E-state index in [1.807, 2.05) is 0 Å². The van der Waals surface area contributed by atoms with Crippen LogP contribution in [0, 0.1) is 5.92 Å². The Kier molecular flexibility index (Phi) is 4.34. The van der Waals surface area contributed by atoms with E-state index in [0.29, 0.717) is 16.5 Å². The van der Waals surface area contributed by atoms with Gasteiger partial charge in [0.2, 0.25) is 5.91 Å². The highest BCUT2D eigenvalue weighted by atomic mass is 35.5. The first-order chi connectivity index (χ1) is 7.95. The molecule has 92 valence electrons. The van der Waals surface area contributed by atoms with Crippen molar-refractivity contribution in [3.63, 3.8) is 0 Å². The fraction of sp³-hybridized carbons (Fsp3) is 0.273. The van der Waals surface area contributed by atoms with Crippen molar-refractivity contribution in [3.8, 4) is 5.75 Å². The van der Waals surface area contributed by atoms with Crippen molar-refractivity contribution in [1.29, 1.82) is 0 Å². The zero-order valence-corrected chi connectivity index (χ0v) is 10.1. The number of aliphatic carboxylic acids is 1. The molecular weight excluding hydrogens is 246 g/mol. The Morgan fingerprint density at radius 2 is 2.12 bits per heavy atom. The van der Waals surface area contributed by atoms with Crippen molar-refractivity contribution in [3.05, 3.63) is 23.2 Å². The fourth-order valence-corrected chi connectivity index (χ4v) is 1.30. The van der Waals surface area contributed by atoms with Gasteiger partial charge in [-0.2, -0.15) is 0 Å². The highest BCUT2D eigenvalue weighted by Crippen LogP contribution is 2.27. The largest absolute Gasteiger partial charge is 0.495 e. The van der Waals surface area contributed by atoms with Crippen molar-refractivity contribution in [2.45, 2.75) is 6.92 Å². The first kappa shape index (κ1) is 13.3. The summed E-state index contributed by atoms with van der Waals surface area (Å²) in [7, 11) is 1.44. The van der Waals surface area contributed by atoms with Crippen molar-refractivity contribution < 1.29 is 19.4 Å². The maximum atomic E-state index is 11.5. The van der Waals surface area contributed by atoms with Crippen LogP contribution >= 0.6 is 11.6 Å². The molecule has 17 heavy (non-hydrogen) atoms. The zero-order valence-electron chi connectivity index (χ0n) is 9.36. The number of carbonyl (C=O) groups is 2. The van der Waals surface area contributed by atoms with E-state index >= 15 is 0 Å². The lowest BCUT2D eigenvalue weighted by Gasteiger charge is -2.12. The maximum Gasteiger partial charge on any atom is 0.315 e. The van der Waals surface area contributed by atoms with Gasteiger partial charge in [0.1, 0.15) is 11.7 Å². The predicted molar refractivity (Wildman–Crippen MR) is 63.4 cm³/mol. The molecule has 0 aliphatic heterocycles. The summed E-state index contributed by atoms with van der Waals surface area (Å²) < 4.78 is 5.02. The molecular formula is C11H12ClNO4. The number of hydrogen-bond acceptors (Lipinski definition) is 3. The molecule has 1 atom stereocenters. The van der Waals surface area contributed by atoms with Gasteiger partial charge in [0, 0.05) is 5.02 Å². The van der Waals surface area contributed by atoms with E-state index in [4.69, 9.17) is 21.4 Å². The molecule has 2 N–H and O–H groups in total. The van der Waals surface area contributed by atoms with E-state index in [2.05, 4.69) is 5.32 Å². The van der Waals surface area contributed by atoms with Gasteiger partial charge in [0.05, 0.1) is 12.8 Å². The molecule has 0 radical (unpaired) electrons. The number of carboxylic acid groups (broad SMARTS) is 1. The van der Waals surface area contributed by atoms with Gasteiger partial charge in [0.15, 0.2) is 0 Å². The van der Waals surface area contributed by atoms with Gasteiger partial charge in [-0.3, -0.25) is 9.59 Å². The number of nitrogens with one attached hydrogen (secondary N) is 1. The number of methoxy groups -OCH3 is 1. The second-order valence-electron chi connectivity index (χ2n) is 3.39. The van der Waals surface area contributed by atoms with Crippen LogP contribution in [0.5, 0.6) is 5.75 Å². The molecule has 5 nitrogen and oxygen atoms in total. The number of amides is 1. The van der Waals surface area contributed by atoms with Gasteiger partial charge in [-0.05, 0) is 25.1 Å². The summed E-state index contributed by atoms with van der Waals surface area (Å²) in [6.07, 6.45) is 0. The van der Waals surface area contributed by atoms with Crippen LogP contribution in [-0.2, 0) is 9.59 Å². The average molecular weight is 258 g/mol. The molecule has 1 aromatic rings. The van der Waals surface area contributed by atoms with Crippen molar-refractivity contribution in [2.75, 3.05) is 12.4 Å². The molecule has 0 aromatic heterocycles. The Balaban J connectivity index is 2.91. The smallest absolute Gasteiger partial charge is 0.315 e. The molecule has 0 aliphatic rings. The normalized spacial score (nSPS) is 11.7. The molecule has 0 aliphatic carbocycles. The molecule has 6 heteroatoms. The minimum atomic E-state index is -1.19. The minimum absolute atomic E-state index is 0.345. The third-order valence-electron chi connectivity index (χ3n) is 2.18. The SMILES string of the molecule is COc1ccc(Cl)cc1NC(=O)C(C)C(=O)O. The van der Waals surface area contributed by atoms with Gasteiger partial charge >= 0.3 is 5.97 Å². The molecule has 1 amide bonds. The number of carbonyl (C=O) groups excluding carboxylic acids is 1. The monoisotopic (exact) mass is 257 g/mol. The molecule has 0 bridgehead atoms. The van der Waals surface area contributed by atoms with E-state index in [1.54, 1.807) is 12.1 Å². The number of benzene rings is 1. The molecule has 1 aromatic carbocycles. The maximum absolute atomic E-state index is 11.5. The summed E-state index contributed by atoms with van der Waals surface area (Å²) in [5.41, 5.74) is 0.345. The van der Waals surface area contributed by atoms with Crippen LogP contribution < -0.4 is 10.1 Å². The van der Waals surface area contributed by atoms with Gasteiger partial charge in [0.25, 0.3) is 0 Å². The third-order valence-corrected chi connectivity index (χ3v) is 2.42. The van der Waals surface area contributed by atoms with Gasteiger partial charge in [-0.15, -0.1) is 0 Å². The fourth-order valence-electron chi connectivity index (χ4n) is 1.13. The summed E-state index contributed by atoms with van der Waals surface area (Å²) >= 11 is 5.78. The minimum Gasteiger partial charge on any atom is -0.495 e. The van der Waals surface area contributed by atoms with Crippen molar-refractivity contribution in [2.24, 2.45) is 5.92 Å². The second kappa shape index (κ2) is 5.54. The van der Waals surface area contributed by atoms with E-state index < -0.39 is 17.8 Å². The average Bonchev–Trinajstić information content (AvgIpc) is 2.28. The number of carboxylic acids is 1. The standard InChI is InChI=1S/C11H12ClNO4/c1-6(11(15)16)10(14)13-8-5-7(12)3-4-9(8)17-2/h3-6H,1-2H3,(H,13,14)(H,15,16). The highest BCUT2D eigenvalue weighted by molar-refractivity contribution is 6.31. The third kappa shape index (κ3) is 3.35. The van der Waals surface area contributed by atoms with E-state index in [1.165, 1.54) is 20.1 Å². The summed E-state index contributed by atoms with van der Waals surface area (Å²) in [6, 6.07) is 4.69. The Hall–Kier alpha value is -1.75. The molecule has 1 rings (SSSR count). The Bertz CT molecular complexity index is 447. The highest BCUT2D eigenvalue weighted by Gasteiger charge is 2.21. The predicted octanol–water partition coefficient (Wildman–Crippen LogP) is 2.01. The first-order valence-electron chi connectivity index (χ1n) is 4.83. The van der Waals surface area contributed by atoms with Crippen LogP contribution in [0.25, 0.3) is 0 Å². The summed E-state index contributed by atoms with van der Waals surface area (Å²) in [6.45, 7) is 1.30. The van der Waals surface area contributed by atoms with Crippen LogP contribution in [0.1, 0.15) is 6.92 Å². The molecule has 0 heterocycles. The molecule has 0 fully saturated rings. The lowest BCUT2D eigenvalue weighted by Crippen LogP contribution is -2.27. The number of halogens is 1. The molecule has 0 saturated carbocycles. The van der Waals surface area contributed by atoms with E-state index in [0.717, 1.165) is 0 Å². The zero-order chi connectivity index (χ0) is 13.0. The van der Waals surface area contributed by atoms with Crippen molar-refractivity contribution in [1.82, 2.24) is 0 Å². The van der Waals surface area contributed by atoms with Gasteiger partial charge in [-0.25, -0.2) is 0 Å². The Labute approximate surface area is 103 Å². The molecule has 0 spiro atoms. The lowest BCUT2D eigenvalue weighted by atomic mass is 10.1. The summed E-state index contributed by atoms with van der Waals surface area (Å²) in [5, 5.41) is 11.6. The topological polar surface area (TPSA) is 75.6 Å². The second-order valence-corrected chi connectivity index (χ2v) is 3.83. The van der Waals surface area contributed by atoms with E-state index in [9.17, 15) is 9.59 Å². The summed E-state index contributed by atoms with van der Waals surface area (Å²) in [4.78, 5) is 22.2. The number of ether oxygens (including phenoxy) is 1. The van der Waals surface area contributed by atoms with Gasteiger partial charge in [-0.1, -0.05) is 11.6 Å². The quantitative estimate of drug-likeness (QED) is 0.809. The van der Waals surface area contributed by atoms with Crippen LogP contribution in [0.3, 0.4) is 0 Å². The molecule has 0 saturated heterocycles. The first-order valence-corrected chi connectivity index (χ1v) is 5.20. The van der Waals surface area contributed by atoms with Crippen molar-refractivity contribution >= 4 is 29.2 Å². The number of hydrogen-bond donors (Lipinski definition) is 2. The lowest BCUT2D eigenvalue weighted by molar-refractivity contribution is -0.144. The van der Waals surface area contributed by atoms with E-state index in [-0.39, 0.29) is 0 Å². The number of anilines is 1. The summed E-state index contributed by atoms with van der Waals surface area (Å²) in [5.74, 6) is -2.54. The number of rotatable bonds is 4. The van der Waals surface area contributed by atoms with Crippen LogP contribution in [0.2, 0.25) is 5.02 Å².